The smallest absolute Gasteiger partial charge is 0.450 e. The largest absolute Gasteiger partial charge is 0.489 e. The minimum Gasteiger partial charge on any atom is -0.489 e. The number of aromatic nitrogens is 2. The van der Waals surface area contributed by atoms with E-state index in [1.807, 2.05) is 34.6 Å². The number of benzene rings is 2. The first kappa shape index (κ1) is 25.8. The van der Waals surface area contributed by atoms with Crippen LogP contribution in [0.3, 0.4) is 0 Å². The SMILES string of the molecule is CCOCCOc1cc2c(cc1-n1c(C(F)(F)F)nc3cc(C(=O)O)ccc31)C(C)(C)C=CC2(C)C. The Hall–Kier alpha value is -3.33. The van der Waals surface area contributed by atoms with E-state index in [2.05, 4.69) is 17.1 Å². The number of carbonyl (C=O) groups is 1. The average Bonchev–Trinajstić information content (AvgIpc) is 3.19. The average molecular weight is 503 g/mol. The highest BCUT2D eigenvalue weighted by atomic mass is 19.4. The summed E-state index contributed by atoms with van der Waals surface area (Å²) in [5, 5.41) is 9.33. The Morgan fingerprint density at radius 1 is 1.03 bits per heavy atom. The molecule has 0 radical (unpaired) electrons. The maximum atomic E-state index is 14.3. The van der Waals surface area contributed by atoms with Crippen LogP contribution in [0.5, 0.6) is 5.75 Å². The van der Waals surface area contributed by atoms with Crippen LogP contribution in [0.15, 0.2) is 42.5 Å². The van der Waals surface area contributed by atoms with Crippen molar-refractivity contribution in [3.63, 3.8) is 0 Å². The number of carboxylic acids is 1. The summed E-state index contributed by atoms with van der Waals surface area (Å²) in [6, 6.07) is 7.30. The molecule has 0 aliphatic heterocycles. The lowest BCUT2D eigenvalue weighted by Crippen LogP contribution is -2.29. The highest BCUT2D eigenvalue weighted by Gasteiger charge is 2.40. The number of halogens is 3. The van der Waals surface area contributed by atoms with Crippen molar-refractivity contribution in [2.45, 2.75) is 51.6 Å². The highest BCUT2D eigenvalue weighted by Crippen LogP contribution is 2.46. The summed E-state index contributed by atoms with van der Waals surface area (Å²) in [6.07, 6.45) is -0.639. The quantitative estimate of drug-likeness (QED) is 0.304. The molecule has 0 saturated carbocycles. The van der Waals surface area contributed by atoms with Gasteiger partial charge in [0.25, 0.3) is 0 Å². The number of hydrogen-bond acceptors (Lipinski definition) is 4. The Labute approximate surface area is 207 Å². The fourth-order valence-corrected chi connectivity index (χ4v) is 4.52. The zero-order chi connectivity index (χ0) is 26.5. The third-order valence-corrected chi connectivity index (χ3v) is 6.49. The van der Waals surface area contributed by atoms with Gasteiger partial charge in [-0.15, -0.1) is 0 Å². The Kier molecular flexibility index (Phi) is 6.41. The van der Waals surface area contributed by atoms with Crippen molar-refractivity contribution in [2.75, 3.05) is 19.8 Å². The van der Waals surface area contributed by atoms with E-state index in [1.165, 1.54) is 12.1 Å². The van der Waals surface area contributed by atoms with E-state index in [9.17, 15) is 23.1 Å². The maximum absolute atomic E-state index is 14.3. The number of alkyl halides is 3. The van der Waals surface area contributed by atoms with Crippen molar-refractivity contribution in [2.24, 2.45) is 0 Å². The minimum atomic E-state index is -4.80. The van der Waals surface area contributed by atoms with Crippen LogP contribution in [-0.2, 0) is 21.7 Å². The van der Waals surface area contributed by atoms with Crippen LogP contribution in [0.25, 0.3) is 16.7 Å². The monoisotopic (exact) mass is 502 g/mol. The van der Waals surface area contributed by atoms with Gasteiger partial charge in [0.15, 0.2) is 0 Å². The van der Waals surface area contributed by atoms with E-state index in [0.29, 0.717) is 6.61 Å². The van der Waals surface area contributed by atoms with Crippen LogP contribution in [-0.4, -0.2) is 40.4 Å². The van der Waals surface area contributed by atoms with Crippen molar-refractivity contribution < 1.29 is 32.5 Å². The van der Waals surface area contributed by atoms with Crippen LogP contribution in [0.1, 0.15) is 61.9 Å². The molecule has 36 heavy (non-hydrogen) atoms. The fraction of sp³-hybridized carbons (Fsp3) is 0.407. The van der Waals surface area contributed by atoms with Gasteiger partial charge in [0.2, 0.25) is 5.82 Å². The summed E-state index contributed by atoms with van der Waals surface area (Å²) < 4.78 is 55.2. The molecule has 192 valence electrons. The van der Waals surface area contributed by atoms with Gasteiger partial charge in [-0.3, -0.25) is 4.57 Å². The van der Waals surface area contributed by atoms with E-state index in [-0.39, 0.29) is 46.7 Å². The molecule has 2 aromatic carbocycles. The second-order valence-electron chi connectivity index (χ2n) is 9.96. The minimum absolute atomic E-state index is 0.0697. The fourth-order valence-electron chi connectivity index (χ4n) is 4.52. The molecule has 1 N–H and O–H groups in total. The van der Waals surface area contributed by atoms with Gasteiger partial charge in [0, 0.05) is 17.4 Å². The van der Waals surface area contributed by atoms with Gasteiger partial charge in [-0.25, -0.2) is 9.78 Å². The molecule has 3 aromatic rings. The van der Waals surface area contributed by atoms with Gasteiger partial charge < -0.3 is 14.6 Å². The molecule has 1 heterocycles. The molecule has 0 fully saturated rings. The second kappa shape index (κ2) is 8.96. The second-order valence-corrected chi connectivity index (χ2v) is 9.96. The van der Waals surface area contributed by atoms with Crippen LogP contribution in [0.4, 0.5) is 13.2 Å². The predicted octanol–water partition coefficient (Wildman–Crippen LogP) is 6.28. The lowest BCUT2D eigenvalue weighted by molar-refractivity contribution is -0.145. The zero-order valence-corrected chi connectivity index (χ0v) is 20.9. The van der Waals surface area contributed by atoms with Crippen LogP contribution in [0, 0.1) is 0 Å². The Morgan fingerprint density at radius 3 is 2.25 bits per heavy atom. The molecule has 9 heteroatoms. The van der Waals surface area contributed by atoms with Crippen molar-refractivity contribution in [1.82, 2.24) is 9.55 Å². The molecule has 0 spiro atoms. The van der Waals surface area contributed by atoms with E-state index in [0.717, 1.165) is 21.8 Å². The molecule has 0 unspecified atom stereocenters. The first-order valence-corrected chi connectivity index (χ1v) is 11.7. The number of hydrogen-bond donors (Lipinski definition) is 1. The summed E-state index contributed by atoms with van der Waals surface area (Å²) in [5.74, 6) is -2.14. The van der Waals surface area contributed by atoms with Gasteiger partial charge in [-0.2, -0.15) is 13.2 Å². The molecule has 0 amide bonds. The lowest BCUT2D eigenvalue weighted by Gasteiger charge is -2.37. The first-order valence-electron chi connectivity index (χ1n) is 11.7. The number of carboxylic acid groups (broad SMARTS) is 1. The third-order valence-electron chi connectivity index (χ3n) is 6.49. The van der Waals surface area contributed by atoms with E-state index >= 15 is 0 Å². The molecule has 4 rings (SSSR count). The number of nitrogens with zero attached hydrogens (tertiary/aromatic N) is 2. The number of ether oxygens (including phenoxy) is 2. The molecule has 1 aromatic heterocycles. The molecular formula is C27H29F3N2O4. The van der Waals surface area contributed by atoms with Crippen LogP contribution in [0.2, 0.25) is 0 Å². The van der Waals surface area contributed by atoms with Crippen LogP contribution >= 0.6 is 0 Å². The van der Waals surface area contributed by atoms with Gasteiger partial charge in [-0.1, -0.05) is 39.8 Å². The van der Waals surface area contributed by atoms with Gasteiger partial charge in [-0.05, 0) is 48.4 Å². The summed E-state index contributed by atoms with van der Waals surface area (Å²) in [4.78, 5) is 15.2. The molecule has 6 nitrogen and oxygen atoms in total. The van der Waals surface area contributed by atoms with Gasteiger partial charge >= 0.3 is 12.1 Å². The topological polar surface area (TPSA) is 73.6 Å². The predicted molar refractivity (Wildman–Crippen MR) is 130 cm³/mol. The van der Waals surface area contributed by atoms with E-state index in [4.69, 9.17) is 9.47 Å². The van der Waals surface area contributed by atoms with Gasteiger partial charge in [0.1, 0.15) is 12.4 Å². The summed E-state index contributed by atoms with van der Waals surface area (Å²) in [5.41, 5.74) is 1.13. The summed E-state index contributed by atoms with van der Waals surface area (Å²) in [6.45, 7) is 10.9. The lowest BCUT2D eigenvalue weighted by atomic mass is 9.68. The highest BCUT2D eigenvalue weighted by molar-refractivity contribution is 5.93. The molecule has 0 atom stereocenters. The van der Waals surface area contributed by atoms with E-state index < -0.39 is 23.4 Å². The normalized spacial score (nSPS) is 16.2. The van der Waals surface area contributed by atoms with Crippen LogP contribution < -0.4 is 4.74 Å². The zero-order valence-electron chi connectivity index (χ0n) is 20.9. The Balaban J connectivity index is 2.03. The number of imidazole rings is 1. The van der Waals surface area contributed by atoms with Crippen molar-refractivity contribution in [1.29, 1.82) is 0 Å². The number of aromatic carboxylic acids is 1. The van der Waals surface area contributed by atoms with Crippen molar-refractivity contribution >= 4 is 17.0 Å². The van der Waals surface area contributed by atoms with E-state index in [1.54, 1.807) is 12.1 Å². The molecule has 1 aliphatic carbocycles. The number of rotatable bonds is 7. The Morgan fingerprint density at radius 2 is 1.67 bits per heavy atom. The van der Waals surface area contributed by atoms with Crippen molar-refractivity contribution in [3.05, 3.63) is 65.0 Å². The molecule has 0 saturated heterocycles. The summed E-state index contributed by atoms with van der Waals surface area (Å²) in [7, 11) is 0. The Bertz CT molecular complexity index is 1350. The number of fused-ring (bicyclic) bond motifs is 2. The molecular weight excluding hydrogens is 473 g/mol. The van der Waals surface area contributed by atoms with Crippen molar-refractivity contribution in [3.8, 4) is 11.4 Å². The number of allylic oxidation sites excluding steroid dienone is 2. The third kappa shape index (κ3) is 4.59. The first-order chi connectivity index (χ1) is 16.8. The summed E-state index contributed by atoms with van der Waals surface area (Å²) >= 11 is 0. The molecule has 0 bridgehead atoms. The molecule has 1 aliphatic rings. The standard InChI is InChI=1S/C27H29F3N2O4/c1-6-35-11-12-36-22-15-18-17(25(2,3)9-10-26(18,4)5)14-21(22)32-20-8-7-16(23(33)34)13-19(20)31-24(32)27(28,29)30/h7-10,13-15H,6,11-12H2,1-5H3,(H,33,34). The van der Waals surface area contributed by atoms with Gasteiger partial charge in [0.05, 0.1) is 28.9 Å². The maximum Gasteiger partial charge on any atom is 0.450 e.